The van der Waals surface area contributed by atoms with E-state index in [1.54, 1.807) is 25.1 Å². The molecule has 2 aromatic rings. The molecule has 0 aromatic heterocycles. The zero-order valence-electron chi connectivity index (χ0n) is 12.2. The summed E-state index contributed by atoms with van der Waals surface area (Å²) in [5, 5.41) is 11.2. The van der Waals surface area contributed by atoms with Crippen molar-refractivity contribution in [3.05, 3.63) is 55.6 Å². The van der Waals surface area contributed by atoms with Crippen LogP contribution in [0.15, 0.2) is 41.3 Å². The van der Waals surface area contributed by atoms with Gasteiger partial charge < -0.3 is 4.74 Å². The van der Waals surface area contributed by atoms with Gasteiger partial charge in [-0.2, -0.15) is 0 Å². The highest BCUT2D eigenvalue weighted by Gasteiger charge is 2.27. The summed E-state index contributed by atoms with van der Waals surface area (Å²) < 4.78 is 33.3. The Morgan fingerprint density at radius 1 is 1.22 bits per heavy atom. The van der Waals surface area contributed by atoms with Crippen LogP contribution in [-0.2, 0) is 10.0 Å². The lowest BCUT2D eigenvalue weighted by atomic mass is 10.2. The molecule has 9 heteroatoms. The van der Waals surface area contributed by atoms with Crippen LogP contribution in [0, 0.1) is 20.6 Å². The number of halogens is 1. The molecule has 2 rings (SSSR count). The summed E-state index contributed by atoms with van der Waals surface area (Å²) in [4.78, 5) is 9.99. The fourth-order valence-corrected chi connectivity index (χ4v) is 3.87. The second-order valence-corrected chi connectivity index (χ2v) is 7.55. The zero-order valence-corrected chi connectivity index (χ0v) is 15.2. The number of nitrogens with zero attached hydrogens (tertiary/aromatic N) is 1. The van der Waals surface area contributed by atoms with E-state index < -0.39 is 25.5 Å². The highest BCUT2D eigenvalue weighted by molar-refractivity contribution is 14.1. The lowest BCUT2D eigenvalue weighted by molar-refractivity contribution is -0.387. The number of rotatable bonds is 5. The van der Waals surface area contributed by atoms with Crippen molar-refractivity contribution in [1.29, 1.82) is 0 Å². The first-order valence-electron chi connectivity index (χ1n) is 6.36. The number of anilines is 1. The molecule has 23 heavy (non-hydrogen) atoms. The molecule has 0 saturated carbocycles. The van der Waals surface area contributed by atoms with Crippen LogP contribution in [0.3, 0.4) is 0 Å². The van der Waals surface area contributed by atoms with E-state index in [1.165, 1.54) is 13.2 Å². The molecule has 0 saturated heterocycles. The van der Waals surface area contributed by atoms with E-state index in [2.05, 4.69) is 27.3 Å². The van der Waals surface area contributed by atoms with Crippen molar-refractivity contribution < 1.29 is 18.1 Å². The molecular weight excluding hydrogens is 435 g/mol. The molecule has 0 aliphatic heterocycles. The minimum absolute atomic E-state index is 0.209. The number of hydrogen-bond acceptors (Lipinski definition) is 5. The van der Waals surface area contributed by atoms with Gasteiger partial charge in [0.05, 0.1) is 23.8 Å². The van der Waals surface area contributed by atoms with Crippen LogP contribution in [0.2, 0.25) is 0 Å². The number of nitro groups is 1. The first-order valence-corrected chi connectivity index (χ1v) is 8.92. The summed E-state index contributed by atoms with van der Waals surface area (Å²) in [5.74, 6) is 0.209. The van der Waals surface area contributed by atoms with Crippen LogP contribution >= 0.6 is 22.6 Å². The van der Waals surface area contributed by atoms with Gasteiger partial charge in [-0.1, -0.05) is 0 Å². The van der Waals surface area contributed by atoms with Gasteiger partial charge in [0.15, 0.2) is 4.90 Å². The Balaban J connectivity index is 2.49. The van der Waals surface area contributed by atoms with E-state index in [0.717, 1.165) is 21.3 Å². The molecule has 122 valence electrons. The molecular formula is C14H13IN2O5S. The number of sulfonamides is 1. The molecule has 0 atom stereocenters. The van der Waals surface area contributed by atoms with E-state index in [1.807, 2.05) is 0 Å². The zero-order chi connectivity index (χ0) is 17.2. The first kappa shape index (κ1) is 17.5. The van der Waals surface area contributed by atoms with Crippen molar-refractivity contribution in [3.8, 4) is 5.75 Å². The van der Waals surface area contributed by atoms with Crippen molar-refractivity contribution in [3.63, 3.8) is 0 Å². The topological polar surface area (TPSA) is 98.5 Å². The summed E-state index contributed by atoms with van der Waals surface area (Å²) >= 11 is 2.11. The van der Waals surface area contributed by atoms with Gasteiger partial charge in [0.1, 0.15) is 5.75 Å². The molecule has 0 aliphatic rings. The van der Waals surface area contributed by atoms with Crippen LogP contribution in [0.5, 0.6) is 5.75 Å². The second-order valence-electron chi connectivity index (χ2n) is 4.66. The average molecular weight is 448 g/mol. The third kappa shape index (κ3) is 3.91. The van der Waals surface area contributed by atoms with E-state index in [4.69, 9.17) is 4.74 Å². The predicted molar refractivity (Wildman–Crippen MR) is 94.4 cm³/mol. The van der Waals surface area contributed by atoms with Crippen LogP contribution in [0.4, 0.5) is 11.4 Å². The van der Waals surface area contributed by atoms with E-state index in [-0.39, 0.29) is 5.75 Å². The maximum absolute atomic E-state index is 12.5. The number of hydrogen-bond donors (Lipinski definition) is 1. The predicted octanol–water partition coefficient (Wildman–Crippen LogP) is 3.32. The largest absolute Gasteiger partial charge is 0.497 e. The Morgan fingerprint density at radius 2 is 1.91 bits per heavy atom. The Hall–Kier alpha value is -1.88. The van der Waals surface area contributed by atoms with Crippen LogP contribution in [0.1, 0.15) is 5.56 Å². The minimum atomic E-state index is -4.10. The molecule has 0 radical (unpaired) electrons. The van der Waals surface area contributed by atoms with E-state index in [9.17, 15) is 18.5 Å². The number of ether oxygens (including phenoxy) is 1. The number of benzene rings is 2. The normalized spacial score (nSPS) is 11.1. The van der Waals surface area contributed by atoms with Crippen LogP contribution < -0.4 is 9.46 Å². The third-order valence-electron chi connectivity index (χ3n) is 3.09. The molecule has 0 heterocycles. The molecule has 0 bridgehead atoms. The highest BCUT2D eigenvalue weighted by Crippen LogP contribution is 2.30. The van der Waals surface area contributed by atoms with Gasteiger partial charge >= 0.3 is 0 Å². The smallest absolute Gasteiger partial charge is 0.293 e. The summed E-state index contributed by atoms with van der Waals surface area (Å²) in [7, 11) is -2.75. The molecule has 0 spiro atoms. The number of nitrogens with one attached hydrogen (secondary N) is 1. The van der Waals surface area contributed by atoms with E-state index >= 15 is 0 Å². The van der Waals surface area contributed by atoms with Crippen molar-refractivity contribution in [1.82, 2.24) is 0 Å². The van der Waals surface area contributed by atoms with Crippen LogP contribution in [0.25, 0.3) is 0 Å². The van der Waals surface area contributed by atoms with Crippen molar-refractivity contribution >= 4 is 44.0 Å². The summed E-state index contributed by atoms with van der Waals surface area (Å²) in [6.07, 6.45) is 0. The van der Waals surface area contributed by atoms with Gasteiger partial charge in [0.2, 0.25) is 0 Å². The Labute approximate surface area is 147 Å². The first-order chi connectivity index (χ1) is 10.7. The van der Waals surface area contributed by atoms with Crippen molar-refractivity contribution in [2.24, 2.45) is 0 Å². The lowest BCUT2D eigenvalue weighted by Gasteiger charge is -2.11. The summed E-state index contributed by atoms with van der Waals surface area (Å²) in [6.45, 7) is 1.75. The van der Waals surface area contributed by atoms with Gasteiger partial charge in [-0.05, 0) is 65.4 Å². The van der Waals surface area contributed by atoms with Gasteiger partial charge in [-0.15, -0.1) is 0 Å². The fourth-order valence-electron chi connectivity index (χ4n) is 1.94. The standard InChI is InChI=1S/C14H13IN2O5S/c1-9-7-10(15)3-5-12(9)16-23(20,21)14-6-4-11(22-2)8-13(14)17(18)19/h3-8,16H,1-2H3. The molecule has 2 aromatic carbocycles. The van der Waals surface area contributed by atoms with E-state index in [0.29, 0.717) is 5.69 Å². The number of nitro benzene ring substituents is 1. The molecule has 1 N–H and O–H groups in total. The van der Waals surface area contributed by atoms with Crippen molar-refractivity contribution in [2.45, 2.75) is 11.8 Å². The molecule has 0 amide bonds. The third-order valence-corrected chi connectivity index (χ3v) is 5.17. The molecule has 0 fully saturated rings. The van der Waals surface area contributed by atoms with Gasteiger partial charge in [-0.3, -0.25) is 14.8 Å². The average Bonchev–Trinajstić information content (AvgIpc) is 2.49. The Bertz CT molecular complexity index is 867. The number of methoxy groups -OCH3 is 1. The Kier molecular flexibility index (Phi) is 5.09. The van der Waals surface area contributed by atoms with Crippen molar-refractivity contribution in [2.75, 3.05) is 11.8 Å². The van der Waals surface area contributed by atoms with Gasteiger partial charge in [0.25, 0.3) is 15.7 Å². The highest BCUT2D eigenvalue weighted by atomic mass is 127. The monoisotopic (exact) mass is 448 g/mol. The summed E-state index contributed by atoms with van der Waals surface area (Å²) in [5.41, 5.74) is 0.548. The lowest BCUT2D eigenvalue weighted by Crippen LogP contribution is -2.15. The molecule has 7 nitrogen and oxygen atoms in total. The minimum Gasteiger partial charge on any atom is -0.497 e. The summed E-state index contributed by atoms with van der Waals surface area (Å²) in [6, 6.07) is 8.76. The SMILES string of the molecule is COc1ccc(S(=O)(=O)Nc2ccc(I)cc2C)c([N+](=O)[O-])c1. The Morgan fingerprint density at radius 3 is 2.48 bits per heavy atom. The molecule has 0 unspecified atom stereocenters. The second kappa shape index (κ2) is 6.71. The van der Waals surface area contributed by atoms with Crippen LogP contribution in [-0.4, -0.2) is 20.5 Å². The van der Waals surface area contributed by atoms with Gasteiger partial charge in [-0.25, -0.2) is 8.42 Å². The van der Waals surface area contributed by atoms with Gasteiger partial charge in [0, 0.05) is 3.57 Å². The number of aryl methyl sites for hydroxylation is 1. The quantitative estimate of drug-likeness (QED) is 0.430. The maximum Gasteiger partial charge on any atom is 0.293 e. The molecule has 0 aliphatic carbocycles. The fraction of sp³-hybridized carbons (Fsp3) is 0.143. The maximum atomic E-state index is 12.5.